The number of carbonyl (C=O) groups is 1. The molecule has 0 radical (unpaired) electrons. The monoisotopic (exact) mass is 302 g/mol. The predicted octanol–water partition coefficient (Wildman–Crippen LogP) is 3.89. The molecular weight excluding hydrogens is 280 g/mol. The van der Waals surface area contributed by atoms with Crippen molar-refractivity contribution in [3.05, 3.63) is 46.7 Å². The number of hydrogen-bond acceptors (Lipinski definition) is 4. The largest absolute Gasteiger partial charge is 0.493 e. The summed E-state index contributed by atoms with van der Waals surface area (Å²) in [4.78, 5) is 11.2. The summed E-state index contributed by atoms with van der Waals surface area (Å²) in [6, 6.07) is 4.09. The van der Waals surface area contributed by atoms with Gasteiger partial charge in [-0.25, -0.2) is 4.79 Å². The smallest absolute Gasteiger partial charge is 0.336 e. The van der Waals surface area contributed by atoms with Gasteiger partial charge in [-0.2, -0.15) is 0 Å². The number of methoxy groups -OCH3 is 2. The van der Waals surface area contributed by atoms with E-state index < -0.39 is 0 Å². The highest BCUT2D eigenvalue weighted by molar-refractivity contribution is 5.88. The van der Waals surface area contributed by atoms with Crippen LogP contribution in [0.3, 0.4) is 0 Å². The Hall–Kier alpha value is -2.23. The molecule has 0 aromatic heterocycles. The molecule has 0 spiro atoms. The van der Waals surface area contributed by atoms with Crippen molar-refractivity contribution in [1.82, 2.24) is 0 Å². The average Bonchev–Trinajstić information content (AvgIpc) is 2.82. The molecule has 1 aromatic rings. The highest BCUT2D eigenvalue weighted by Crippen LogP contribution is 2.39. The summed E-state index contributed by atoms with van der Waals surface area (Å²) in [7, 11) is 3.30. The first-order valence-electron chi connectivity index (χ1n) is 7.30. The molecule has 4 nitrogen and oxygen atoms in total. The molecule has 2 rings (SSSR count). The van der Waals surface area contributed by atoms with Crippen molar-refractivity contribution < 1.29 is 19.0 Å². The zero-order chi connectivity index (χ0) is 16.3. The second kappa shape index (κ2) is 6.69. The summed E-state index contributed by atoms with van der Waals surface area (Å²) in [5.41, 5.74) is 2.98. The van der Waals surface area contributed by atoms with Crippen LogP contribution in [0.5, 0.6) is 11.5 Å². The van der Waals surface area contributed by atoms with Gasteiger partial charge in [0.25, 0.3) is 0 Å². The normalized spacial score (nSPS) is 17.2. The lowest BCUT2D eigenvalue weighted by molar-refractivity contribution is -0.132. The lowest BCUT2D eigenvalue weighted by atomic mass is 9.94. The van der Waals surface area contributed by atoms with Crippen LogP contribution >= 0.6 is 0 Å². The standard InChI is InChI=1S/C18H22O4/c1-11(7-9-15-13(3)10-16(19)22-15)14-8-6-12(2)17(20-4)18(14)21-5/h6,8-11H,7H2,1-5H3/b15-9+. The molecule has 22 heavy (non-hydrogen) atoms. The van der Waals surface area contributed by atoms with Gasteiger partial charge in [-0.3, -0.25) is 0 Å². The molecule has 1 aliphatic heterocycles. The summed E-state index contributed by atoms with van der Waals surface area (Å²) >= 11 is 0. The second-order valence-corrected chi connectivity index (χ2v) is 5.49. The zero-order valence-corrected chi connectivity index (χ0v) is 13.7. The van der Waals surface area contributed by atoms with E-state index in [0.29, 0.717) is 5.76 Å². The molecule has 0 aliphatic carbocycles. The fourth-order valence-electron chi connectivity index (χ4n) is 2.61. The first-order chi connectivity index (χ1) is 10.5. The zero-order valence-electron chi connectivity index (χ0n) is 13.7. The van der Waals surface area contributed by atoms with Crippen LogP contribution in [-0.4, -0.2) is 20.2 Å². The maximum Gasteiger partial charge on any atom is 0.336 e. The molecule has 1 aromatic carbocycles. The van der Waals surface area contributed by atoms with Crippen molar-refractivity contribution in [3.63, 3.8) is 0 Å². The summed E-state index contributed by atoms with van der Waals surface area (Å²) in [6.07, 6.45) is 4.20. The Kier molecular flexibility index (Phi) is 4.91. The topological polar surface area (TPSA) is 44.8 Å². The van der Waals surface area contributed by atoms with E-state index in [1.807, 2.05) is 26.0 Å². The van der Waals surface area contributed by atoms with E-state index in [9.17, 15) is 4.79 Å². The molecule has 0 bridgehead atoms. The van der Waals surface area contributed by atoms with Gasteiger partial charge in [-0.1, -0.05) is 19.1 Å². The van der Waals surface area contributed by atoms with Gasteiger partial charge in [0.1, 0.15) is 5.76 Å². The van der Waals surface area contributed by atoms with E-state index in [-0.39, 0.29) is 11.9 Å². The Morgan fingerprint density at radius 3 is 2.41 bits per heavy atom. The number of aryl methyl sites for hydroxylation is 1. The molecule has 0 N–H and O–H groups in total. The molecule has 1 atom stereocenters. The van der Waals surface area contributed by atoms with E-state index in [2.05, 4.69) is 13.0 Å². The number of benzene rings is 1. The lowest BCUT2D eigenvalue weighted by Gasteiger charge is -2.18. The first kappa shape index (κ1) is 16.1. The third-order valence-corrected chi connectivity index (χ3v) is 3.87. The quantitative estimate of drug-likeness (QED) is 0.774. The number of ether oxygens (including phenoxy) is 3. The number of esters is 1. The van der Waals surface area contributed by atoms with E-state index in [1.165, 1.54) is 6.08 Å². The highest BCUT2D eigenvalue weighted by Gasteiger charge is 2.19. The summed E-state index contributed by atoms with van der Waals surface area (Å²) in [5.74, 6) is 2.09. The fraction of sp³-hybridized carbons (Fsp3) is 0.389. The van der Waals surface area contributed by atoms with E-state index in [0.717, 1.165) is 34.6 Å². The van der Waals surface area contributed by atoms with Gasteiger partial charge in [0.05, 0.1) is 14.2 Å². The molecule has 4 heteroatoms. The van der Waals surface area contributed by atoms with Gasteiger partial charge < -0.3 is 14.2 Å². The van der Waals surface area contributed by atoms with Crippen LogP contribution in [0.25, 0.3) is 0 Å². The van der Waals surface area contributed by atoms with Gasteiger partial charge >= 0.3 is 5.97 Å². The van der Waals surface area contributed by atoms with Crippen LogP contribution in [-0.2, 0) is 9.53 Å². The SMILES string of the molecule is COc1c(C)ccc(C(C)C/C=C2/OC(=O)C=C2C)c1OC. The molecule has 1 unspecified atom stereocenters. The van der Waals surface area contributed by atoms with Crippen molar-refractivity contribution in [2.75, 3.05) is 14.2 Å². The summed E-state index contributed by atoms with van der Waals surface area (Å²) in [5, 5.41) is 0. The second-order valence-electron chi connectivity index (χ2n) is 5.49. The van der Waals surface area contributed by atoms with E-state index in [4.69, 9.17) is 14.2 Å². The maximum absolute atomic E-state index is 11.2. The van der Waals surface area contributed by atoms with Crippen LogP contribution in [0.2, 0.25) is 0 Å². The lowest BCUT2D eigenvalue weighted by Crippen LogP contribution is -2.01. The fourth-order valence-corrected chi connectivity index (χ4v) is 2.61. The number of allylic oxidation sites excluding steroid dienone is 2. The molecular formula is C18H22O4. The maximum atomic E-state index is 11.2. The van der Waals surface area contributed by atoms with Gasteiger partial charge in [-0.15, -0.1) is 0 Å². The van der Waals surface area contributed by atoms with Crippen molar-refractivity contribution in [2.24, 2.45) is 0 Å². The van der Waals surface area contributed by atoms with Crippen molar-refractivity contribution in [2.45, 2.75) is 33.1 Å². The number of hydrogen-bond donors (Lipinski definition) is 0. The van der Waals surface area contributed by atoms with Crippen molar-refractivity contribution in [3.8, 4) is 11.5 Å². The summed E-state index contributed by atoms with van der Waals surface area (Å²) < 4.78 is 16.1. The number of rotatable bonds is 5. The van der Waals surface area contributed by atoms with Gasteiger partial charge in [-0.05, 0) is 43.4 Å². The van der Waals surface area contributed by atoms with Gasteiger partial charge in [0.2, 0.25) is 0 Å². The van der Waals surface area contributed by atoms with E-state index >= 15 is 0 Å². The van der Waals surface area contributed by atoms with Crippen molar-refractivity contribution >= 4 is 5.97 Å². The number of carbonyl (C=O) groups excluding carboxylic acids is 1. The Balaban J connectivity index is 2.23. The van der Waals surface area contributed by atoms with E-state index in [1.54, 1.807) is 14.2 Å². The molecule has 0 amide bonds. The summed E-state index contributed by atoms with van der Waals surface area (Å²) in [6.45, 7) is 5.97. The minimum absolute atomic E-state index is 0.212. The predicted molar refractivity (Wildman–Crippen MR) is 85.2 cm³/mol. The van der Waals surface area contributed by atoms with Crippen LogP contribution in [0.4, 0.5) is 0 Å². The molecule has 118 valence electrons. The van der Waals surface area contributed by atoms with Crippen LogP contribution in [0.1, 0.15) is 37.3 Å². The van der Waals surface area contributed by atoms with Crippen LogP contribution < -0.4 is 9.47 Å². The highest BCUT2D eigenvalue weighted by atomic mass is 16.5. The van der Waals surface area contributed by atoms with Gasteiger partial charge in [0.15, 0.2) is 11.5 Å². The third kappa shape index (κ3) is 3.16. The molecule has 0 saturated heterocycles. The Morgan fingerprint density at radius 1 is 1.18 bits per heavy atom. The molecule has 1 aliphatic rings. The molecule has 0 fully saturated rings. The third-order valence-electron chi connectivity index (χ3n) is 3.87. The average molecular weight is 302 g/mol. The minimum Gasteiger partial charge on any atom is -0.493 e. The first-order valence-corrected chi connectivity index (χ1v) is 7.30. The van der Waals surface area contributed by atoms with Crippen molar-refractivity contribution in [1.29, 1.82) is 0 Å². The van der Waals surface area contributed by atoms with Gasteiger partial charge in [0, 0.05) is 11.6 Å². The Labute approximate surface area is 131 Å². The van der Waals surface area contributed by atoms with Crippen LogP contribution in [0.15, 0.2) is 35.6 Å². The minimum atomic E-state index is -0.300. The number of cyclic esters (lactones) is 1. The Bertz CT molecular complexity index is 641. The Morgan fingerprint density at radius 2 is 1.86 bits per heavy atom. The molecule has 0 saturated carbocycles. The van der Waals surface area contributed by atoms with Crippen LogP contribution in [0, 0.1) is 6.92 Å². The molecule has 1 heterocycles.